The van der Waals surface area contributed by atoms with Crippen LogP contribution in [0.4, 0.5) is 8.78 Å². The van der Waals surface area contributed by atoms with Crippen molar-refractivity contribution < 1.29 is 13.5 Å². The Morgan fingerprint density at radius 3 is 1.88 bits per heavy atom. The molecule has 0 heterocycles. The third-order valence-electron chi connectivity index (χ3n) is 3.80. The van der Waals surface area contributed by atoms with Gasteiger partial charge in [-0.25, -0.2) is 8.78 Å². The van der Waals surface area contributed by atoms with E-state index in [0.717, 1.165) is 16.7 Å². The van der Waals surface area contributed by atoms with E-state index in [1.165, 1.54) is 24.3 Å². The minimum Gasteiger partial charge on any atom is -0.489 e. The van der Waals surface area contributed by atoms with Gasteiger partial charge in [-0.05, 0) is 59.7 Å². The van der Waals surface area contributed by atoms with E-state index in [1.807, 2.05) is 24.3 Å². The minimum absolute atomic E-state index is 0.257. The van der Waals surface area contributed by atoms with Gasteiger partial charge < -0.3 is 10.1 Å². The molecule has 132 valence electrons. The zero-order valence-corrected chi connectivity index (χ0v) is 14.7. The fourth-order valence-electron chi connectivity index (χ4n) is 2.34. The Morgan fingerprint density at radius 1 is 0.769 bits per heavy atom. The van der Waals surface area contributed by atoms with Gasteiger partial charge in [0.15, 0.2) is 0 Å². The van der Waals surface area contributed by atoms with Gasteiger partial charge in [-0.3, -0.25) is 0 Å². The van der Waals surface area contributed by atoms with Gasteiger partial charge in [0, 0.05) is 12.1 Å². The van der Waals surface area contributed by atoms with Gasteiger partial charge >= 0.3 is 0 Å². The quantitative estimate of drug-likeness (QED) is 0.617. The molecule has 0 atom stereocenters. The average Bonchev–Trinajstić information content (AvgIpc) is 2.67. The van der Waals surface area contributed by atoms with Crippen molar-refractivity contribution in [1.29, 1.82) is 0 Å². The molecule has 3 rings (SSSR count). The van der Waals surface area contributed by atoms with Crippen LogP contribution in [0.5, 0.6) is 5.75 Å². The van der Waals surface area contributed by atoms with Crippen LogP contribution >= 0.6 is 12.2 Å². The lowest BCUT2D eigenvalue weighted by Crippen LogP contribution is -2.21. The van der Waals surface area contributed by atoms with Gasteiger partial charge in [0.05, 0.1) is 0 Å². The lowest BCUT2D eigenvalue weighted by atomic mass is 10.2. The van der Waals surface area contributed by atoms with Crippen LogP contribution in [0.2, 0.25) is 0 Å². The van der Waals surface area contributed by atoms with Crippen LogP contribution in [-0.2, 0) is 13.2 Å². The van der Waals surface area contributed by atoms with Crippen molar-refractivity contribution in [2.45, 2.75) is 13.2 Å². The highest BCUT2D eigenvalue weighted by atomic mass is 32.1. The maximum atomic E-state index is 12.9. The van der Waals surface area contributed by atoms with Gasteiger partial charge in [0.1, 0.15) is 29.0 Å². The number of thiocarbonyl (C=S) groups is 1. The molecule has 0 saturated heterocycles. The molecule has 0 unspecified atom stereocenters. The normalized spacial score (nSPS) is 10.4. The van der Waals surface area contributed by atoms with Crippen LogP contribution in [-0.4, -0.2) is 4.99 Å². The SMILES string of the molecule is Fc1ccc(CNC(=S)c2ccc(OCc3ccc(F)cc3)cc2)cc1. The molecule has 0 fully saturated rings. The maximum absolute atomic E-state index is 12.9. The van der Waals surface area contributed by atoms with Crippen LogP contribution in [0.25, 0.3) is 0 Å². The molecule has 2 nitrogen and oxygen atoms in total. The first-order chi connectivity index (χ1) is 12.6. The van der Waals surface area contributed by atoms with Crippen molar-refractivity contribution in [1.82, 2.24) is 5.32 Å². The molecule has 3 aromatic carbocycles. The summed E-state index contributed by atoms with van der Waals surface area (Å²) in [6, 6.07) is 19.9. The first-order valence-corrected chi connectivity index (χ1v) is 8.51. The molecule has 1 N–H and O–H groups in total. The lowest BCUT2D eigenvalue weighted by molar-refractivity contribution is 0.306. The molecule has 26 heavy (non-hydrogen) atoms. The zero-order chi connectivity index (χ0) is 18.4. The molecular weight excluding hydrogens is 352 g/mol. The smallest absolute Gasteiger partial charge is 0.123 e. The largest absolute Gasteiger partial charge is 0.489 e. The number of halogens is 2. The summed E-state index contributed by atoms with van der Waals surface area (Å²) in [6.45, 7) is 0.898. The summed E-state index contributed by atoms with van der Waals surface area (Å²) in [5, 5.41) is 3.15. The summed E-state index contributed by atoms with van der Waals surface area (Å²) >= 11 is 5.38. The van der Waals surface area contributed by atoms with E-state index in [-0.39, 0.29) is 11.6 Å². The third kappa shape index (κ3) is 5.10. The van der Waals surface area contributed by atoms with Crippen molar-refractivity contribution >= 4 is 17.2 Å². The van der Waals surface area contributed by atoms with Gasteiger partial charge in [0.25, 0.3) is 0 Å². The molecule has 0 aliphatic rings. The van der Waals surface area contributed by atoms with Gasteiger partial charge in [0.2, 0.25) is 0 Å². The molecule has 0 spiro atoms. The molecule has 0 aliphatic heterocycles. The summed E-state index contributed by atoms with van der Waals surface area (Å²) in [7, 11) is 0. The second kappa shape index (κ2) is 8.54. The second-order valence-electron chi connectivity index (χ2n) is 5.75. The van der Waals surface area contributed by atoms with Crippen molar-refractivity contribution in [3.8, 4) is 5.75 Å². The van der Waals surface area contributed by atoms with E-state index in [9.17, 15) is 8.78 Å². The second-order valence-corrected chi connectivity index (χ2v) is 6.16. The molecule has 0 aromatic heterocycles. The Balaban J connectivity index is 1.52. The molecule has 5 heteroatoms. The molecule has 0 bridgehead atoms. The van der Waals surface area contributed by atoms with Crippen LogP contribution in [0, 0.1) is 11.6 Å². The standard InChI is InChI=1S/C21H17F2NOS/c22-18-7-1-15(2-8-18)13-24-21(26)17-5-11-20(12-6-17)25-14-16-3-9-19(23)10-4-16/h1-12H,13-14H2,(H,24,26). The number of nitrogens with one attached hydrogen (secondary N) is 1. The number of hydrogen-bond acceptors (Lipinski definition) is 2. The molecule has 3 aromatic rings. The third-order valence-corrected chi connectivity index (χ3v) is 4.18. The summed E-state index contributed by atoms with van der Waals surface area (Å²) in [4.78, 5) is 0.611. The highest BCUT2D eigenvalue weighted by molar-refractivity contribution is 7.80. The van der Waals surface area contributed by atoms with E-state index in [0.29, 0.717) is 23.9 Å². The molecule has 0 radical (unpaired) electrons. The number of ether oxygens (including phenoxy) is 1. The number of rotatable bonds is 6. The lowest BCUT2D eigenvalue weighted by Gasteiger charge is -2.10. The van der Waals surface area contributed by atoms with E-state index in [2.05, 4.69) is 5.32 Å². The first kappa shape index (κ1) is 18.0. The topological polar surface area (TPSA) is 21.3 Å². The van der Waals surface area contributed by atoms with Crippen molar-refractivity contribution in [2.24, 2.45) is 0 Å². The molecule has 0 saturated carbocycles. The van der Waals surface area contributed by atoms with E-state index >= 15 is 0 Å². The first-order valence-electron chi connectivity index (χ1n) is 8.10. The van der Waals surface area contributed by atoms with Crippen molar-refractivity contribution in [3.05, 3.63) is 101 Å². The predicted octanol–water partition coefficient (Wildman–Crippen LogP) is 5.01. The Morgan fingerprint density at radius 2 is 1.31 bits per heavy atom. The van der Waals surface area contributed by atoms with Gasteiger partial charge in [-0.2, -0.15) is 0 Å². The van der Waals surface area contributed by atoms with Crippen LogP contribution in [0.3, 0.4) is 0 Å². The average molecular weight is 369 g/mol. The molecular formula is C21H17F2NOS. The fraction of sp³-hybridized carbons (Fsp3) is 0.0952. The maximum Gasteiger partial charge on any atom is 0.123 e. The van der Waals surface area contributed by atoms with Crippen LogP contribution < -0.4 is 10.1 Å². The highest BCUT2D eigenvalue weighted by Crippen LogP contribution is 2.15. The molecule has 0 aliphatic carbocycles. The van der Waals surface area contributed by atoms with Crippen LogP contribution in [0.15, 0.2) is 72.8 Å². The Kier molecular flexibility index (Phi) is 5.92. The minimum atomic E-state index is -0.264. The van der Waals surface area contributed by atoms with E-state index in [1.54, 1.807) is 24.3 Å². The zero-order valence-electron chi connectivity index (χ0n) is 13.9. The van der Waals surface area contributed by atoms with E-state index in [4.69, 9.17) is 17.0 Å². The summed E-state index contributed by atoms with van der Waals surface area (Å²) in [5.74, 6) is 0.187. The summed E-state index contributed by atoms with van der Waals surface area (Å²) < 4.78 is 31.5. The van der Waals surface area contributed by atoms with Gasteiger partial charge in [-0.1, -0.05) is 36.5 Å². The summed E-state index contributed by atoms with van der Waals surface area (Å²) in [6.07, 6.45) is 0. The highest BCUT2D eigenvalue weighted by Gasteiger charge is 2.03. The van der Waals surface area contributed by atoms with E-state index < -0.39 is 0 Å². The Bertz CT molecular complexity index is 862. The molecule has 0 amide bonds. The number of benzene rings is 3. The van der Waals surface area contributed by atoms with Crippen molar-refractivity contribution in [3.63, 3.8) is 0 Å². The fourth-order valence-corrected chi connectivity index (χ4v) is 2.54. The van der Waals surface area contributed by atoms with Crippen molar-refractivity contribution in [2.75, 3.05) is 0 Å². The van der Waals surface area contributed by atoms with Crippen LogP contribution in [0.1, 0.15) is 16.7 Å². The Labute approximate surface area is 156 Å². The summed E-state index contributed by atoms with van der Waals surface area (Å²) in [5.41, 5.74) is 2.72. The Hall–Kier alpha value is -2.79. The van der Waals surface area contributed by atoms with Gasteiger partial charge in [-0.15, -0.1) is 0 Å². The monoisotopic (exact) mass is 369 g/mol. The number of hydrogen-bond donors (Lipinski definition) is 1. The predicted molar refractivity (Wildman–Crippen MR) is 102 cm³/mol.